The number of pyridine rings is 1. The van der Waals surface area contributed by atoms with Gasteiger partial charge >= 0.3 is 0 Å². The van der Waals surface area contributed by atoms with Crippen molar-refractivity contribution in [1.82, 2.24) is 9.88 Å². The molecule has 0 radical (unpaired) electrons. The predicted molar refractivity (Wildman–Crippen MR) is 109 cm³/mol. The summed E-state index contributed by atoms with van der Waals surface area (Å²) in [5.41, 5.74) is 2.38. The number of carbonyl (C=O) groups is 1. The summed E-state index contributed by atoms with van der Waals surface area (Å²) < 4.78 is 0. The molecule has 0 bridgehead atoms. The van der Waals surface area contributed by atoms with Crippen LogP contribution in [-0.2, 0) is 4.79 Å². The van der Waals surface area contributed by atoms with E-state index >= 15 is 0 Å². The molecule has 1 amide bonds. The number of hydrogen-bond donors (Lipinski definition) is 0. The molecule has 5 nitrogen and oxygen atoms in total. The van der Waals surface area contributed by atoms with Crippen molar-refractivity contribution in [2.45, 2.75) is 12.8 Å². The third-order valence-electron chi connectivity index (χ3n) is 5.66. The minimum atomic E-state index is 0.158. The summed E-state index contributed by atoms with van der Waals surface area (Å²) in [6, 6.07) is 12.0. The Bertz CT molecular complexity index is 752. The number of amides is 1. The van der Waals surface area contributed by atoms with Gasteiger partial charge in [-0.15, -0.1) is 0 Å². The first-order valence-corrected chi connectivity index (χ1v) is 10.0. The molecule has 0 spiro atoms. The maximum atomic E-state index is 12.9. The molecule has 2 aliphatic heterocycles. The lowest BCUT2D eigenvalue weighted by molar-refractivity contribution is -0.136. The molecule has 0 atom stereocenters. The van der Waals surface area contributed by atoms with Gasteiger partial charge in [0.1, 0.15) is 0 Å². The monoisotopic (exact) mass is 384 g/mol. The Morgan fingerprint density at radius 2 is 1.37 bits per heavy atom. The molecule has 2 aromatic rings. The SMILES string of the molecule is O=C(C1CCN(c2ccncc2)CC1)N1CCN(c2ccc(Cl)cc2)CC1. The van der Waals surface area contributed by atoms with Crippen LogP contribution in [0.2, 0.25) is 5.02 Å². The van der Waals surface area contributed by atoms with Gasteiger partial charge < -0.3 is 14.7 Å². The molecule has 3 heterocycles. The summed E-state index contributed by atoms with van der Waals surface area (Å²) in [5.74, 6) is 0.491. The predicted octanol–water partition coefficient (Wildman–Crippen LogP) is 3.30. The second kappa shape index (κ2) is 8.17. The molecular formula is C21H25ClN4O. The van der Waals surface area contributed by atoms with Crippen LogP contribution in [0.15, 0.2) is 48.8 Å². The number of piperazine rings is 1. The maximum absolute atomic E-state index is 12.9. The van der Waals surface area contributed by atoms with Crippen LogP contribution in [0.1, 0.15) is 12.8 Å². The minimum Gasteiger partial charge on any atom is -0.371 e. The Morgan fingerprint density at radius 1 is 0.815 bits per heavy atom. The highest BCUT2D eigenvalue weighted by Crippen LogP contribution is 2.25. The molecule has 142 valence electrons. The van der Waals surface area contributed by atoms with Crippen LogP contribution in [0.4, 0.5) is 11.4 Å². The maximum Gasteiger partial charge on any atom is 0.225 e. The van der Waals surface area contributed by atoms with E-state index in [-0.39, 0.29) is 5.92 Å². The van der Waals surface area contributed by atoms with Crippen molar-refractivity contribution >= 4 is 28.9 Å². The van der Waals surface area contributed by atoms with Crippen LogP contribution in [0.3, 0.4) is 0 Å². The molecule has 0 aliphatic carbocycles. The molecule has 0 N–H and O–H groups in total. The lowest BCUT2D eigenvalue weighted by atomic mass is 9.94. The topological polar surface area (TPSA) is 39.7 Å². The standard InChI is InChI=1S/C21H25ClN4O/c22-18-1-3-19(4-2-18)25-13-15-26(16-14-25)21(27)17-7-11-24(12-8-17)20-5-9-23-10-6-20/h1-6,9-10,17H,7-8,11-16H2. The van der Waals surface area contributed by atoms with Gasteiger partial charge in [0.15, 0.2) is 0 Å². The van der Waals surface area contributed by atoms with Crippen molar-refractivity contribution in [3.63, 3.8) is 0 Å². The number of aromatic nitrogens is 1. The van der Waals surface area contributed by atoms with Gasteiger partial charge in [-0.25, -0.2) is 0 Å². The first-order chi connectivity index (χ1) is 13.2. The smallest absolute Gasteiger partial charge is 0.225 e. The largest absolute Gasteiger partial charge is 0.371 e. The first kappa shape index (κ1) is 18.1. The Kier molecular flexibility index (Phi) is 5.48. The highest BCUT2D eigenvalue weighted by atomic mass is 35.5. The number of anilines is 2. The number of benzene rings is 1. The number of piperidine rings is 1. The van der Waals surface area contributed by atoms with E-state index in [0.29, 0.717) is 5.91 Å². The Balaban J connectivity index is 1.28. The summed E-state index contributed by atoms with van der Waals surface area (Å²) in [4.78, 5) is 23.8. The van der Waals surface area contributed by atoms with Crippen LogP contribution >= 0.6 is 11.6 Å². The zero-order valence-electron chi connectivity index (χ0n) is 15.4. The van der Waals surface area contributed by atoms with E-state index in [1.807, 2.05) is 36.7 Å². The van der Waals surface area contributed by atoms with E-state index in [4.69, 9.17) is 11.6 Å². The molecule has 1 aromatic carbocycles. The third-order valence-corrected chi connectivity index (χ3v) is 5.91. The summed E-state index contributed by atoms with van der Waals surface area (Å²) in [6.07, 6.45) is 5.51. The second-order valence-corrected chi connectivity index (χ2v) is 7.69. The third kappa shape index (κ3) is 4.19. The zero-order chi connectivity index (χ0) is 18.6. The normalized spacial score (nSPS) is 18.6. The van der Waals surface area contributed by atoms with E-state index in [1.54, 1.807) is 0 Å². The molecule has 2 saturated heterocycles. The van der Waals surface area contributed by atoms with Crippen molar-refractivity contribution in [2.75, 3.05) is 49.1 Å². The van der Waals surface area contributed by atoms with Crippen LogP contribution in [0, 0.1) is 5.92 Å². The van der Waals surface area contributed by atoms with E-state index in [0.717, 1.165) is 57.1 Å². The van der Waals surface area contributed by atoms with Gasteiger partial charge in [-0.05, 0) is 49.2 Å². The fourth-order valence-corrected chi connectivity index (χ4v) is 4.16. The minimum absolute atomic E-state index is 0.158. The van der Waals surface area contributed by atoms with Crippen LogP contribution in [0.5, 0.6) is 0 Å². The molecule has 4 rings (SSSR count). The molecule has 27 heavy (non-hydrogen) atoms. The van der Waals surface area contributed by atoms with E-state index in [1.165, 1.54) is 11.4 Å². The fourth-order valence-electron chi connectivity index (χ4n) is 4.03. The van der Waals surface area contributed by atoms with Gasteiger partial charge in [0.05, 0.1) is 0 Å². The Morgan fingerprint density at radius 3 is 2.00 bits per heavy atom. The summed E-state index contributed by atoms with van der Waals surface area (Å²) in [7, 11) is 0. The lowest BCUT2D eigenvalue weighted by Gasteiger charge is -2.39. The molecule has 6 heteroatoms. The van der Waals surface area contributed by atoms with Crippen LogP contribution in [0.25, 0.3) is 0 Å². The van der Waals surface area contributed by atoms with Crippen molar-refractivity contribution in [3.05, 3.63) is 53.8 Å². The van der Waals surface area contributed by atoms with Gasteiger partial charge in [-0.2, -0.15) is 0 Å². The average molecular weight is 385 g/mol. The molecule has 0 unspecified atom stereocenters. The zero-order valence-corrected chi connectivity index (χ0v) is 16.2. The second-order valence-electron chi connectivity index (χ2n) is 7.26. The molecule has 2 aliphatic rings. The average Bonchev–Trinajstić information content (AvgIpc) is 2.75. The van der Waals surface area contributed by atoms with E-state index in [9.17, 15) is 4.79 Å². The number of rotatable bonds is 3. The summed E-state index contributed by atoms with van der Waals surface area (Å²) in [6.45, 7) is 5.22. The highest BCUT2D eigenvalue weighted by Gasteiger charge is 2.30. The highest BCUT2D eigenvalue weighted by molar-refractivity contribution is 6.30. The number of nitrogens with zero attached hydrogens (tertiary/aromatic N) is 4. The molecule has 0 saturated carbocycles. The summed E-state index contributed by atoms with van der Waals surface area (Å²) in [5, 5.41) is 0.755. The van der Waals surface area contributed by atoms with Crippen LogP contribution < -0.4 is 9.80 Å². The quantitative estimate of drug-likeness (QED) is 0.814. The fraction of sp³-hybridized carbons (Fsp3) is 0.429. The Labute approximate surface area is 165 Å². The number of halogens is 1. The molecule has 1 aromatic heterocycles. The number of carbonyl (C=O) groups excluding carboxylic acids is 1. The van der Waals surface area contributed by atoms with Gasteiger partial charge in [-0.1, -0.05) is 11.6 Å². The van der Waals surface area contributed by atoms with Crippen LogP contribution in [-0.4, -0.2) is 55.1 Å². The van der Waals surface area contributed by atoms with Gasteiger partial charge in [0.25, 0.3) is 0 Å². The Hall–Kier alpha value is -2.27. The number of hydrogen-bond acceptors (Lipinski definition) is 4. The van der Waals surface area contributed by atoms with E-state index < -0.39 is 0 Å². The van der Waals surface area contributed by atoms with Gasteiger partial charge in [0.2, 0.25) is 5.91 Å². The van der Waals surface area contributed by atoms with Crippen molar-refractivity contribution in [1.29, 1.82) is 0 Å². The van der Waals surface area contributed by atoms with Crippen molar-refractivity contribution in [2.24, 2.45) is 5.92 Å². The molecule has 2 fully saturated rings. The molecular weight excluding hydrogens is 360 g/mol. The lowest BCUT2D eigenvalue weighted by Crippen LogP contribution is -2.51. The first-order valence-electron chi connectivity index (χ1n) is 9.65. The van der Waals surface area contributed by atoms with Gasteiger partial charge in [-0.3, -0.25) is 9.78 Å². The summed E-state index contributed by atoms with van der Waals surface area (Å²) >= 11 is 5.97. The van der Waals surface area contributed by atoms with Crippen molar-refractivity contribution in [3.8, 4) is 0 Å². The van der Waals surface area contributed by atoms with Crippen molar-refractivity contribution < 1.29 is 4.79 Å². The van der Waals surface area contributed by atoms with Gasteiger partial charge in [0, 0.05) is 74.0 Å². The van der Waals surface area contributed by atoms with E-state index in [2.05, 4.69) is 31.8 Å².